The highest BCUT2D eigenvalue weighted by Gasteiger charge is 2.09. The first kappa shape index (κ1) is 14.5. The molecule has 0 radical (unpaired) electrons. The molecule has 24 heavy (non-hydrogen) atoms. The molecular weight excluding hydrogens is 298 g/mol. The quantitative estimate of drug-likeness (QED) is 0.731. The van der Waals surface area contributed by atoms with Gasteiger partial charge in [0.1, 0.15) is 12.1 Å². The van der Waals surface area contributed by atoms with E-state index in [0.29, 0.717) is 0 Å². The van der Waals surface area contributed by atoms with Crippen LogP contribution in [-0.4, -0.2) is 21.2 Å². The Morgan fingerprint density at radius 2 is 1.96 bits per heavy atom. The molecule has 1 aliphatic carbocycles. The fourth-order valence-electron chi connectivity index (χ4n) is 2.81. The van der Waals surface area contributed by atoms with E-state index in [4.69, 9.17) is 0 Å². The summed E-state index contributed by atoms with van der Waals surface area (Å²) in [5.74, 6) is 0.869. The Morgan fingerprint density at radius 3 is 2.79 bits per heavy atom. The van der Waals surface area contributed by atoms with Gasteiger partial charge < -0.3 is 10.7 Å². The van der Waals surface area contributed by atoms with Gasteiger partial charge in [0.15, 0.2) is 5.65 Å². The maximum absolute atomic E-state index is 4.42. The number of rotatable bonds is 6. The number of hydrogen-bond donors (Lipinski definition) is 2. The second-order valence-electron chi connectivity index (χ2n) is 5.78. The van der Waals surface area contributed by atoms with Gasteiger partial charge in [-0.15, -0.1) is 0 Å². The van der Waals surface area contributed by atoms with Gasteiger partial charge in [0, 0.05) is 12.7 Å². The molecule has 3 aromatic rings. The molecule has 2 N–H and O–H groups in total. The van der Waals surface area contributed by atoms with Gasteiger partial charge in [-0.05, 0) is 23.6 Å². The Morgan fingerprint density at radius 1 is 1.04 bits per heavy atom. The number of aromatic nitrogens is 3. The summed E-state index contributed by atoms with van der Waals surface area (Å²) in [6.45, 7) is 1.55. The molecule has 1 aromatic carbocycles. The van der Waals surface area contributed by atoms with Gasteiger partial charge in [-0.3, -0.25) is 0 Å². The van der Waals surface area contributed by atoms with Gasteiger partial charge in [0.05, 0.1) is 11.9 Å². The zero-order valence-electron chi connectivity index (χ0n) is 13.3. The SMILES string of the molecule is C1=CCC(CNc2ncnc3c2ccn3NCc2ccccc2)=C1. The van der Waals surface area contributed by atoms with Crippen LogP contribution in [0.5, 0.6) is 0 Å². The van der Waals surface area contributed by atoms with Crippen LogP contribution in [-0.2, 0) is 6.54 Å². The van der Waals surface area contributed by atoms with Crippen molar-refractivity contribution in [1.29, 1.82) is 0 Å². The molecule has 120 valence electrons. The van der Waals surface area contributed by atoms with Crippen molar-refractivity contribution >= 4 is 16.9 Å². The van der Waals surface area contributed by atoms with E-state index in [1.807, 2.05) is 35.1 Å². The van der Waals surface area contributed by atoms with Crippen molar-refractivity contribution < 1.29 is 0 Å². The summed E-state index contributed by atoms with van der Waals surface area (Å²) in [5, 5.41) is 4.43. The van der Waals surface area contributed by atoms with E-state index >= 15 is 0 Å². The normalized spacial score (nSPS) is 13.2. The number of anilines is 1. The van der Waals surface area contributed by atoms with Gasteiger partial charge in [0.2, 0.25) is 0 Å². The zero-order chi connectivity index (χ0) is 16.2. The van der Waals surface area contributed by atoms with Crippen LogP contribution in [0.15, 0.2) is 72.7 Å². The molecule has 0 spiro atoms. The Labute approximate surface area is 140 Å². The number of allylic oxidation sites excluding steroid dienone is 3. The Kier molecular flexibility index (Phi) is 3.98. The van der Waals surface area contributed by atoms with Crippen LogP contribution in [0.1, 0.15) is 12.0 Å². The molecule has 0 saturated carbocycles. The van der Waals surface area contributed by atoms with Crippen LogP contribution in [0.25, 0.3) is 11.0 Å². The van der Waals surface area contributed by atoms with E-state index in [-0.39, 0.29) is 0 Å². The molecule has 2 aromatic heterocycles. The monoisotopic (exact) mass is 317 g/mol. The highest BCUT2D eigenvalue weighted by atomic mass is 15.4. The van der Waals surface area contributed by atoms with Crippen molar-refractivity contribution in [2.24, 2.45) is 0 Å². The first-order valence-electron chi connectivity index (χ1n) is 8.08. The minimum atomic E-state index is 0.746. The van der Waals surface area contributed by atoms with Crippen molar-refractivity contribution in [2.75, 3.05) is 17.3 Å². The van der Waals surface area contributed by atoms with Gasteiger partial charge in [-0.1, -0.05) is 48.6 Å². The van der Waals surface area contributed by atoms with Gasteiger partial charge >= 0.3 is 0 Å². The molecule has 4 rings (SSSR count). The Hall–Kier alpha value is -3.08. The van der Waals surface area contributed by atoms with E-state index in [9.17, 15) is 0 Å². The van der Waals surface area contributed by atoms with Crippen LogP contribution in [0.2, 0.25) is 0 Å². The van der Waals surface area contributed by atoms with Crippen LogP contribution >= 0.6 is 0 Å². The van der Waals surface area contributed by atoms with E-state index in [0.717, 1.165) is 36.4 Å². The van der Waals surface area contributed by atoms with E-state index in [2.05, 4.69) is 51.1 Å². The standard InChI is InChI=1S/C19H19N5/c1-2-6-16(7-3-1)13-23-24-11-10-17-18(21-14-22-19(17)24)20-12-15-8-4-5-9-15/h1-8,10-11,14,23H,9,12-13H2,(H,20,21,22). The van der Waals surface area contributed by atoms with Gasteiger partial charge in [0.25, 0.3) is 0 Å². The third kappa shape index (κ3) is 3.01. The first-order chi connectivity index (χ1) is 11.9. The van der Waals surface area contributed by atoms with Gasteiger partial charge in [-0.2, -0.15) is 0 Å². The number of nitrogens with zero attached hydrogens (tertiary/aromatic N) is 3. The van der Waals surface area contributed by atoms with Crippen molar-refractivity contribution in [3.63, 3.8) is 0 Å². The molecule has 0 saturated heterocycles. The fraction of sp³-hybridized carbons (Fsp3) is 0.158. The zero-order valence-corrected chi connectivity index (χ0v) is 13.3. The van der Waals surface area contributed by atoms with Crippen molar-refractivity contribution in [1.82, 2.24) is 14.6 Å². The molecule has 1 aliphatic rings. The summed E-state index contributed by atoms with van der Waals surface area (Å²) in [4.78, 5) is 8.80. The lowest BCUT2D eigenvalue weighted by Crippen LogP contribution is -2.14. The summed E-state index contributed by atoms with van der Waals surface area (Å²) in [5.41, 5.74) is 6.86. The lowest BCUT2D eigenvalue weighted by atomic mass is 10.2. The van der Waals surface area contributed by atoms with Crippen LogP contribution in [0, 0.1) is 0 Å². The molecule has 0 fully saturated rings. The fourth-order valence-corrected chi connectivity index (χ4v) is 2.81. The second-order valence-corrected chi connectivity index (χ2v) is 5.78. The second kappa shape index (κ2) is 6.58. The molecule has 2 heterocycles. The molecule has 0 bridgehead atoms. The molecule has 5 nitrogen and oxygen atoms in total. The van der Waals surface area contributed by atoms with Crippen LogP contribution < -0.4 is 10.7 Å². The van der Waals surface area contributed by atoms with Gasteiger partial charge in [-0.25, -0.2) is 14.6 Å². The average Bonchev–Trinajstić information content (AvgIpc) is 3.29. The smallest absolute Gasteiger partial charge is 0.163 e. The number of hydrogen-bond acceptors (Lipinski definition) is 4. The molecule has 0 amide bonds. The molecule has 5 heteroatoms. The number of fused-ring (bicyclic) bond motifs is 1. The highest BCUT2D eigenvalue weighted by Crippen LogP contribution is 2.21. The number of nitrogens with one attached hydrogen (secondary N) is 2. The minimum absolute atomic E-state index is 0.746. The third-order valence-electron chi connectivity index (χ3n) is 4.11. The maximum atomic E-state index is 4.42. The average molecular weight is 317 g/mol. The topological polar surface area (TPSA) is 54.8 Å². The largest absolute Gasteiger partial charge is 0.366 e. The maximum Gasteiger partial charge on any atom is 0.163 e. The highest BCUT2D eigenvalue weighted by molar-refractivity contribution is 5.87. The summed E-state index contributed by atoms with van der Waals surface area (Å²) in [6, 6.07) is 12.4. The minimum Gasteiger partial charge on any atom is -0.366 e. The Balaban J connectivity index is 1.50. The Bertz CT molecular complexity index is 893. The van der Waals surface area contributed by atoms with E-state index in [1.54, 1.807) is 6.33 Å². The molecular formula is C19H19N5. The summed E-state index contributed by atoms with van der Waals surface area (Å²) < 4.78 is 1.95. The van der Waals surface area contributed by atoms with Crippen LogP contribution in [0.3, 0.4) is 0 Å². The summed E-state index contributed by atoms with van der Waals surface area (Å²) in [6.07, 6.45) is 11.0. The van der Waals surface area contributed by atoms with Crippen molar-refractivity contribution in [2.45, 2.75) is 13.0 Å². The van der Waals surface area contributed by atoms with Crippen LogP contribution in [0.4, 0.5) is 5.82 Å². The van der Waals surface area contributed by atoms with E-state index in [1.165, 1.54) is 11.1 Å². The number of benzene rings is 1. The van der Waals surface area contributed by atoms with E-state index < -0.39 is 0 Å². The third-order valence-corrected chi connectivity index (χ3v) is 4.11. The molecule has 0 unspecified atom stereocenters. The van der Waals surface area contributed by atoms with Crippen molar-refractivity contribution in [3.8, 4) is 0 Å². The molecule has 0 atom stereocenters. The predicted molar refractivity (Wildman–Crippen MR) is 97.4 cm³/mol. The summed E-state index contributed by atoms with van der Waals surface area (Å²) >= 11 is 0. The lowest BCUT2D eigenvalue weighted by Gasteiger charge is -2.10. The van der Waals surface area contributed by atoms with Crippen molar-refractivity contribution in [3.05, 3.63) is 78.3 Å². The lowest BCUT2D eigenvalue weighted by molar-refractivity contribution is 0.861. The predicted octanol–water partition coefficient (Wildman–Crippen LogP) is 3.47. The summed E-state index contributed by atoms with van der Waals surface area (Å²) in [7, 11) is 0. The molecule has 0 aliphatic heterocycles. The first-order valence-corrected chi connectivity index (χ1v) is 8.08.